The van der Waals surface area contributed by atoms with Gasteiger partial charge in [0.25, 0.3) is 0 Å². The monoisotopic (exact) mass is 389 g/mol. The fraction of sp³-hybridized carbons (Fsp3) is 0.333. The highest BCUT2D eigenvalue weighted by atomic mass is 16.5. The van der Waals surface area contributed by atoms with Gasteiger partial charge in [0.15, 0.2) is 5.76 Å². The van der Waals surface area contributed by atoms with Crippen molar-refractivity contribution in [1.82, 2.24) is 5.16 Å². The van der Waals surface area contributed by atoms with Crippen LogP contribution in [0.15, 0.2) is 59.1 Å². The van der Waals surface area contributed by atoms with Crippen molar-refractivity contribution in [2.24, 2.45) is 0 Å². The largest absolute Gasteiger partial charge is 0.508 e. The van der Waals surface area contributed by atoms with E-state index in [0.29, 0.717) is 24.3 Å². The molecule has 2 saturated carbocycles. The van der Waals surface area contributed by atoms with Crippen LogP contribution in [0.25, 0.3) is 22.4 Å². The predicted molar refractivity (Wildman–Crippen MR) is 108 cm³/mol. The van der Waals surface area contributed by atoms with Crippen LogP contribution >= 0.6 is 0 Å². The lowest BCUT2D eigenvalue weighted by molar-refractivity contribution is -0.152. The molecule has 1 heterocycles. The second-order valence-corrected chi connectivity index (χ2v) is 8.04. The summed E-state index contributed by atoms with van der Waals surface area (Å²) in [5.41, 5.74) is 2.54. The van der Waals surface area contributed by atoms with Crippen molar-refractivity contribution in [3.8, 4) is 28.1 Å². The molecular weight excluding hydrogens is 366 g/mol. The third-order valence-electron chi connectivity index (χ3n) is 6.05. The zero-order valence-electron chi connectivity index (χ0n) is 16.1. The van der Waals surface area contributed by atoms with Crippen LogP contribution in [0.3, 0.4) is 0 Å². The molecule has 2 aliphatic rings. The zero-order chi connectivity index (χ0) is 19.8. The second kappa shape index (κ2) is 7.07. The minimum Gasteiger partial charge on any atom is -0.508 e. The summed E-state index contributed by atoms with van der Waals surface area (Å²) in [4.78, 5) is 13.1. The van der Waals surface area contributed by atoms with Crippen LogP contribution in [0.5, 0.6) is 5.75 Å². The highest BCUT2D eigenvalue weighted by Gasteiger charge is 2.58. The molecule has 0 spiro atoms. The number of nitrogens with zero attached hydrogens (tertiary/aromatic N) is 1. The normalized spacial score (nSPS) is 17.9. The van der Waals surface area contributed by atoms with Crippen molar-refractivity contribution < 1.29 is 19.2 Å². The maximum atomic E-state index is 13.1. The van der Waals surface area contributed by atoms with E-state index in [1.807, 2.05) is 30.3 Å². The number of hydrogen-bond acceptors (Lipinski definition) is 5. The van der Waals surface area contributed by atoms with Crippen molar-refractivity contribution >= 4 is 5.97 Å². The molecule has 2 aromatic carbocycles. The van der Waals surface area contributed by atoms with E-state index in [0.717, 1.165) is 42.4 Å². The maximum Gasteiger partial charge on any atom is 0.320 e. The van der Waals surface area contributed by atoms with E-state index in [9.17, 15) is 9.90 Å². The Morgan fingerprint density at radius 1 is 1.00 bits per heavy atom. The molecule has 1 N–H and O–H groups in total. The number of ether oxygens (including phenoxy) is 1. The Morgan fingerprint density at radius 2 is 1.69 bits per heavy atom. The number of carbonyl (C=O) groups is 1. The van der Waals surface area contributed by atoms with Crippen molar-refractivity contribution in [2.45, 2.75) is 50.0 Å². The van der Waals surface area contributed by atoms with Crippen LogP contribution in [0.4, 0.5) is 0 Å². The minimum absolute atomic E-state index is 0.0274. The first-order valence-electron chi connectivity index (χ1n) is 10.2. The van der Waals surface area contributed by atoms with Crippen LogP contribution < -0.4 is 0 Å². The first kappa shape index (κ1) is 18.0. The average Bonchev–Trinajstić information content (AvgIpc) is 3.18. The van der Waals surface area contributed by atoms with E-state index in [1.54, 1.807) is 24.3 Å². The van der Waals surface area contributed by atoms with Crippen LogP contribution in [-0.2, 0) is 14.9 Å². The Balaban J connectivity index is 1.58. The smallest absolute Gasteiger partial charge is 0.320 e. The van der Waals surface area contributed by atoms with Gasteiger partial charge < -0.3 is 14.4 Å². The molecule has 1 aromatic heterocycles. The topological polar surface area (TPSA) is 72.6 Å². The van der Waals surface area contributed by atoms with Crippen LogP contribution in [0.2, 0.25) is 0 Å². The lowest BCUT2D eigenvalue weighted by atomic mass is 9.92. The Hall–Kier alpha value is -3.08. The summed E-state index contributed by atoms with van der Waals surface area (Å²) in [5.74, 6) is 0.599. The van der Waals surface area contributed by atoms with E-state index in [2.05, 4.69) is 5.16 Å². The summed E-state index contributed by atoms with van der Waals surface area (Å²) in [6.07, 6.45) is 5.58. The Morgan fingerprint density at radius 3 is 2.34 bits per heavy atom. The quantitative estimate of drug-likeness (QED) is 0.605. The summed E-state index contributed by atoms with van der Waals surface area (Å²) in [6, 6.07) is 16.7. The first-order chi connectivity index (χ1) is 14.2. The van der Waals surface area contributed by atoms with E-state index >= 15 is 0 Å². The molecule has 3 aromatic rings. The van der Waals surface area contributed by atoms with Crippen LogP contribution in [0, 0.1) is 0 Å². The van der Waals surface area contributed by atoms with Crippen LogP contribution in [0.1, 0.15) is 44.3 Å². The number of phenolic OH excluding ortho intramolecular Hbond substituents is 1. The molecule has 0 radical (unpaired) electrons. The van der Waals surface area contributed by atoms with E-state index in [-0.39, 0.29) is 17.8 Å². The number of benzene rings is 2. The standard InChI is InChI=1S/C24H23NO4/c26-18-12-10-17(11-13-18)21-20(16-6-2-1-3-7-16)22(29-25-21)24(14-15-24)23(27)28-19-8-4-5-9-19/h1-3,6-7,10-13,19,26H,4-5,8-9,14-15H2. The highest BCUT2D eigenvalue weighted by Crippen LogP contribution is 2.54. The molecule has 0 amide bonds. The van der Waals surface area contributed by atoms with Gasteiger partial charge in [-0.05, 0) is 68.4 Å². The Kier molecular flexibility index (Phi) is 4.38. The summed E-state index contributed by atoms with van der Waals surface area (Å²) in [6.45, 7) is 0. The van der Waals surface area contributed by atoms with Crippen LogP contribution in [-0.4, -0.2) is 22.3 Å². The molecule has 0 unspecified atom stereocenters. The molecule has 0 bridgehead atoms. The van der Waals surface area contributed by atoms with Crippen molar-refractivity contribution in [3.05, 3.63) is 60.4 Å². The third kappa shape index (κ3) is 3.20. The first-order valence-corrected chi connectivity index (χ1v) is 10.2. The highest BCUT2D eigenvalue weighted by molar-refractivity contribution is 5.92. The molecule has 2 fully saturated rings. The molecular formula is C24H23NO4. The van der Waals surface area contributed by atoms with Gasteiger partial charge >= 0.3 is 5.97 Å². The summed E-state index contributed by atoms with van der Waals surface area (Å²) in [5, 5.41) is 14.0. The number of rotatable bonds is 5. The molecule has 2 aliphatic carbocycles. The summed E-state index contributed by atoms with van der Waals surface area (Å²) in [7, 11) is 0. The molecule has 5 nitrogen and oxygen atoms in total. The van der Waals surface area contributed by atoms with Gasteiger partial charge in [0.1, 0.15) is 23.0 Å². The fourth-order valence-electron chi connectivity index (χ4n) is 4.22. The number of esters is 1. The summed E-state index contributed by atoms with van der Waals surface area (Å²) >= 11 is 0. The molecule has 5 heteroatoms. The van der Waals surface area contributed by atoms with Gasteiger partial charge in [0, 0.05) is 5.56 Å². The van der Waals surface area contributed by atoms with E-state index in [1.165, 1.54) is 0 Å². The number of hydrogen-bond donors (Lipinski definition) is 1. The molecule has 0 atom stereocenters. The second-order valence-electron chi connectivity index (χ2n) is 8.04. The van der Waals surface area contributed by atoms with Gasteiger partial charge in [-0.3, -0.25) is 4.79 Å². The molecule has 0 saturated heterocycles. The lowest BCUT2D eigenvalue weighted by Crippen LogP contribution is -2.27. The summed E-state index contributed by atoms with van der Waals surface area (Å²) < 4.78 is 11.7. The van der Waals surface area contributed by atoms with Crippen molar-refractivity contribution in [1.29, 1.82) is 0 Å². The fourth-order valence-corrected chi connectivity index (χ4v) is 4.22. The molecule has 5 rings (SSSR count). The lowest BCUT2D eigenvalue weighted by Gasteiger charge is -2.17. The average molecular weight is 389 g/mol. The minimum atomic E-state index is -0.740. The van der Waals surface area contributed by atoms with Gasteiger partial charge in [0.05, 0.1) is 5.56 Å². The van der Waals surface area contributed by atoms with Crippen molar-refractivity contribution in [2.75, 3.05) is 0 Å². The molecule has 29 heavy (non-hydrogen) atoms. The number of carbonyl (C=O) groups excluding carboxylic acids is 1. The van der Waals surface area contributed by atoms with Gasteiger partial charge in [-0.2, -0.15) is 0 Å². The third-order valence-corrected chi connectivity index (χ3v) is 6.05. The Labute approximate surface area is 169 Å². The Bertz CT molecular complexity index is 1010. The van der Waals surface area contributed by atoms with Gasteiger partial charge in [-0.1, -0.05) is 35.5 Å². The zero-order valence-corrected chi connectivity index (χ0v) is 16.1. The van der Waals surface area contributed by atoms with Gasteiger partial charge in [-0.15, -0.1) is 0 Å². The SMILES string of the molecule is O=C(OC1CCCC1)C1(c2onc(-c3ccc(O)cc3)c2-c2ccccc2)CC1. The molecule has 148 valence electrons. The van der Waals surface area contributed by atoms with Gasteiger partial charge in [0.2, 0.25) is 0 Å². The number of phenols is 1. The maximum absolute atomic E-state index is 13.1. The van der Waals surface area contributed by atoms with Gasteiger partial charge in [-0.25, -0.2) is 0 Å². The number of aromatic hydroxyl groups is 1. The predicted octanol–water partition coefficient (Wildman–Crippen LogP) is 5.23. The number of aromatic nitrogens is 1. The van der Waals surface area contributed by atoms with E-state index in [4.69, 9.17) is 9.26 Å². The van der Waals surface area contributed by atoms with E-state index < -0.39 is 5.41 Å². The van der Waals surface area contributed by atoms with Crippen molar-refractivity contribution in [3.63, 3.8) is 0 Å². The molecule has 0 aliphatic heterocycles.